The molecule has 0 radical (unpaired) electrons. The summed E-state index contributed by atoms with van der Waals surface area (Å²) in [4.78, 5) is 30.7. The second kappa shape index (κ2) is 5.61. The maximum Gasteiger partial charge on any atom is 0.354 e. The highest BCUT2D eigenvalue weighted by molar-refractivity contribution is 7.99. The van der Waals surface area contributed by atoms with E-state index in [0.717, 1.165) is 22.6 Å². The zero-order valence-corrected chi connectivity index (χ0v) is 11.8. The molecule has 0 spiro atoms. The fraction of sp³-hybridized carbons (Fsp3) is 0.214. The van der Waals surface area contributed by atoms with Gasteiger partial charge in [-0.25, -0.2) is 9.78 Å². The predicted molar refractivity (Wildman–Crippen MR) is 77.5 cm³/mol. The van der Waals surface area contributed by atoms with Crippen LogP contribution in [-0.2, 0) is 0 Å². The first-order valence-corrected chi connectivity index (χ1v) is 7.44. The van der Waals surface area contributed by atoms with Gasteiger partial charge in [-0.2, -0.15) is 0 Å². The number of hydrogen-bond acceptors (Lipinski definition) is 4. The molecule has 21 heavy (non-hydrogen) atoms. The van der Waals surface area contributed by atoms with Crippen molar-refractivity contribution in [3.8, 4) is 0 Å². The summed E-state index contributed by atoms with van der Waals surface area (Å²) < 4.78 is 0. The summed E-state index contributed by atoms with van der Waals surface area (Å²) in [6.45, 7) is 0. The summed E-state index contributed by atoms with van der Waals surface area (Å²) in [5, 5.41) is 11.9. The minimum Gasteiger partial charge on any atom is -0.477 e. The molecule has 3 N–H and O–H groups in total. The Balaban J connectivity index is 1.83. The van der Waals surface area contributed by atoms with Crippen LogP contribution in [-0.4, -0.2) is 32.7 Å². The van der Waals surface area contributed by atoms with E-state index in [4.69, 9.17) is 5.11 Å². The average molecular weight is 303 g/mol. The number of imidazole rings is 1. The Bertz CT molecular complexity index is 698. The minimum atomic E-state index is -1.20. The number of H-pyrrole nitrogens is 1. The van der Waals surface area contributed by atoms with Crippen LogP contribution in [0, 0.1) is 0 Å². The lowest BCUT2D eigenvalue weighted by Crippen LogP contribution is -2.31. The Labute approximate surface area is 125 Å². The maximum absolute atomic E-state index is 12.2. The number of thioether (sulfide) groups is 1. The maximum atomic E-state index is 12.2. The number of carbonyl (C=O) groups excluding carboxylic acids is 1. The van der Waals surface area contributed by atoms with E-state index in [9.17, 15) is 9.59 Å². The van der Waals surface area contributed by atoms with E-state index >= 15 is 0 Å². The van der Waals surface area contributed by atoms with E-state index in [1.54, 1.807) is 11.8 Å². The number of fused-ring (bicyclic) bond motifs is 1. The number of carboxylic acid groups (broad SMARTS) is 1. The van der Waals surface area contributed by atoms with Gasteiger partial charge in [0.1, 0.15) is 0 Å². The van der Waals surface area contributed by atoms with Crippen molar-refractivity contribution in [2.24, 2.45) is 0 Å². The highest BCUT2D eigenvalue weighted by Gasteiger charge is 2.25. The zero-order valence-electron chi connectivity index (χ0n) is 11.0. The van der Waals surface area contributed by atoms with Gasteiger partial charge in [0.15, 0.2) is 11.4 Å². The van der Waals surface area contributed by atoms with E-state index in [-0.39, 0.29) is 17.4 Å². The molecule has 1 aliphatic rings. The fourth-order valence-electron chi connectivity index (χ4n) is 2.35. The van der Waals surface area contributed by atoms with Gasteiger partial charge in [-0.15, -0.1) is 11.8 Å². The molecule has 1 aromatic heterocycles. The number of carboxylic acids is 1. The molecule has 1 amide bonds. The van der Waals surface area contributed by atoms with Crippen LogP contribution >= 0.6 is 11.8 Å². The lowest BCUT2D eigenvalue weighted by molar-refractivity contribution is 0.0684. The Kier molecular flexibility index (Phi) is 3.66. The predicted octanol–water partition coefficient (Wildman–Crippen LogP) is 2.07. The quantitative estimate of drug-likeness (QED) is 0.807. The summed E-state index contributed by atoms with van der Waals surface area (Å²) in [6.07, 6.45) is 2.02. The summed E-state index contributed by atoms with van der Waals surface area (Å²) in [7, 11) is 0. The third-order valence-corrected chi connectivity index (χ3v) is 4.45. The summed E-state index contributed by atoms with van der Waals surface area (Å²) in [5.74, 6) is -0.758. The van der Waals surface area contributed by atoms with Crippen molar-refractivity contribution in [1.29, 1.82) is 0 Å². The normalized spacial score (nSPS) is 17.0. The van der Waals surface area contributed by atoms with Crippen LogP contribution < -0.4 is 5.32 Å². The molecule has 0 saturated heterocycles. The smallest absolute Gasteiger partial charge is 0.354 e. The third-order valence-electron chi connectivity index (χ3n) is 3.33. The van der Waals surface area contributed by atoms with Gasteiger partial charge in [-0.1, -0.05) is 18.2 Å². The number of aromatic carboxylic acids is 1. The van der Waals surface area contributed by atoms with Gasteiger partial charge in [0.2, 0.25) is 0 Å². The SMILES string of the molecule is O=C(NC1CCSc2ccccc21)c1nc[nH]c1C(=O)O. The van der Waals surface area contributed by atoms with Crippen LogP contribution in [0.5, 0.6) is 0 Å². The van der Waals surface area contributed by atoms with Gasteiger partial charge >= 0.3 is 5.97 Å². The Morgan fingerprint density at radius 2 is 2.19 bits per heavy atom. The number of hydrogen-bond donors (Lipinski definition) is 3. The van der Waals surface area contributed by atoms with Gasteiger partial charge in [-0.05, 0) is 18.1 Å². The van der Waals surface area contributed by atoms with E-state index < -0.39 is 11.9 Å². The van der Waals surface area contributed by atoms with Gasteiger partial charge < -0.3 is 15.4 Å². The topological polar surface area (TPSA) is 95.1 Å². The molecule has 0 bridgehead atoms. The van der Waals surface area contributed by atoms with Crippen molar-refractivity contribution in [1.82, 2.24) is 15.3 Å². The molecular weight excluding hydrogens is 290 g/mol. The van der Waals surface area contributed by atoms with Crippen LogP contribution in [0.25, 0.3) is 0 Å². The Hall–Kier alpha value is -2.28. The van der Waals surface area contributed by atoms with Gasteiger partial charge in [0, 0.05) is 10.6 Å². The Morgan fingerprint density at radius 1 is 1.38 bits per heavy atom. The zero-order chi connectivity index (χ0) is 14.8. The molecule has 0 saturated carbocycles. The second-order valence-corrected chi connectivity index (χ2v) is 5.77. The number of carbonyl (C=O) groups is 2. The number of rotatable bonds is 3. The van der Waals surface area contributed by atoms with Crippen molar-refractivity contribution in [3.63, 3.8) is 0 Å². The van der Waals surface area contributed by atoms with E-state index in [0.29, 0.717) is 0 Å². The molecule has 1 aromatic carbocycles. The minimum absolute atomic E-state index is 0.0850. The van der Waals surface area contributed by atoms with Gasteiger partial charge in [-0.3, -0.25) is 4.79 Å². The molecule has 6 nitrogen and oxygen atoms in total. The first-order valence-electron chi connectivity index (χ1n) is 6.46. The highest BCUT2D eigenvalue weighted by Crippen LogP contribution is 2.35. The Morgan fingerprint density at radius 3 is 3.00 bits per heavy atom. The molecule has 2 heterocycles. The molecule has 1 atom stereocenters. The van der Waals surface area contributed by atoms with E-state index in [1.165, 1.54) is 6.33 Å². The summed E-state index contributed by atoms with van der Waals surface area (Å²) >= 11 is 1.76. The number of nitrogens with zero attached hydrogens (tertiary/aromatic N) is 1. The number of aromatic nitrogens is 2. The fourth-order valence-corrected chi connectivity index (χ4v) is 3.47. The molecular formula is C14H13N3O3S. The van der Waals surface area contributed by atoms with Crippen molar-refractivity contribution in [2.75, 3.05) is 5.75 Å². The van der Waals surface area contributed by atoms with Crippen molar-refractivity contribution in [3.05, 3.63) is 47.5 Å². The lowest BCUT2D eigenvalue weighted by Gasteiger charge is -2.25. The molecule has 2 aromatic rings. The molecule has 0 aliphatic carbocycles. The highest BCUT2D eigenvalue weighted by atomic mass is 32.2. The molecule has 1 aliphatic heterocycles. The molecule has 108 valence electrons. The van der Waals surface area contributed by atoms with Crippen LogP contribution in [0.3, 0.4) is 0 Å². The first kappa shape index (κ1) is 13.7. The standard InChI is InChI=1S/C14H13N3O3S/c18-13(11-12(14(19)20)16-7-15-11)17-9-5-6-21-10-4-2-1-3-8(9)10/h1-4,7,9H,5-6H2,(H,15,16)(H,17,18)(H,19,20). The first-order chi connectivity index (χ1) is 10.2. The number of aromatic amines is 1. The molecule has 0 fully saturated rings. The number of benzene rings is 1. The monoisotopic (exact) mass is 303 g/mol. The van der Waals surface area contributed by atoms with Crippen molar-refractivity contribution in [2.45, 2.75) is 17.4 Å². The third kappa shape index (κ3) is 2.64. The molecule has 7 heteroatoms. The second-order valence-electron chi connectivity index (χ2n) is 4.63. The van der Waals surface area contributed by atoms with Crippen molar-refractivity contribution >= 4 is 23.6 Å². The van der Waals surface area contributed by atoms with E-state index in [2.05, 4.69) is 15.3 Å². The van der Waals surface area contributed by atoms with E-state index in [1.807, 2.05) is 24.3 Å². The van der Waals surface area contributed by atoms with Crippen LogP contribution in [0.2, 0.25) is 0 Å². The average Bonchev–Trinajstić information content (AvgIpc) is 2.97. The lowest BCUT2D eigenvalue weighted by atomic mass is 10.0. The van der Waals surface area contributed by atoms with Crippen LogP contribution in [0.15, 0.2) is 35.5 Å². The largest absolute Gasteiger partial charge is 0.477 e. The number of amides is 1. The van der Waals surface area contributed by atoms with Crippen molar-refractivity contribution < 1.29 is 14.7 Å². The van der Waals surface area contributed by atoms with Crippen LogP contribution in [0.4, 0.5) is 0 Å². The number of nitrogens with one attached hydrogen (secondary N) is 2. The molecule has 3 rings (SSSR count). The summed E-state index contributed by atoms with van der Waals surface area (Å²) in [6, 6.07) is 7.78. The van der Waals surface area contributed by atoms with Crippen LogP contribution in [0.1, 0.15) is 39.0 Å². The summed E-state index contributed by atoms with van der Waals surface area (Å²) in [5.41, 5.74) is 0.790. The van der Waals surface area contributed by atoms with Gasteiger partial charge in [0.25, 0.3) is 5.91 Å². The van der Waals surface area contributed by atoms with Gasteiger partial charge in [0.05, 0.1) is 12.4 Å². The molecule has 1 unspecified atom stereocenters.